The van der Waals surface area contributed by atoms with Gasteiger partial charge < -0.3 is 4.74 Å². The Morgan fingerprint density at radius 2 is 2.24 bits per heavy atom. The molecule has 0 unspecified atom stereocenters. The summed E-state index contributed by atoms with van der Waals surface area (Å²) in [5.41, 5.74) is 2.87. The van der Waals surface area contributed by atoms with Crippen LogP contribution in [0.2, 0.25) is 5.02 Å². The van der Waals surface area contributed by atoms with E-state index in [1.807, 2.05) is 30.5 Å². The molecule has 2 heterocycles. The summed E-state index contributed by atoms with van der Waals surface area (Å²) in [4.78, 5) is 18.8. The number of benzene rings is 1. The third-order valence-corrected chi connectivity index (χ3v) is 5.11. The average molecular weight is 378 g/mol. The van der Waals surface area contributed by atoms with Gasteiger partial charge in [-0.2, -0.15) is 0 Å². The van der Waals surface area contributed by atoms with Crippen LogP contribution in [0.3, 0.4) is 0 Å². The molecule has 1 amide bonds. The van der Waals surface area contributed by atoms with E-state index in [2.05, 4.69) is 15.2 Å². The second-order valence-corrected chi connectivity index (χ2v) is 7.13. The van der Waals surface area contributed by atoms with E-state index in [0.29, 0.717) is 10.2 Å². The molecule has 7 heteroatoms. The quantitative estimate of drug-likeness (QED) is 0.809. The normalized spacial score (nSPS) is 15.6. The maximum atomic E-state index is 12.0. The molecule has 5 nitrogen and oxygen atoms in total. The molecule has 2 aromatic rings. The number of nitrogens with one attached hydrogen (secondary N) is 1. The summed E-state index contributed by atoms with van der Waals surface area (Å²) in [6, 6.07) is 5.69. The van der Waals surface area contributed by atoms with Crippen molar-refractivity contribution in [1.82, 2.24) is 9.88 Å². The Morgan fingerprint density at radius 3 is 3.00 bits per heavy atom. The number of rotatable bonds is 5. The molecular weight excluding hydrogens is 358 g/mol. The number of thiazole rings is 1. The first kappa shape index (κ1) is 18.1. The van der Waals surface area contributed by atoms with Gasteiger partial charge in [-0.3, -0.25) is 15.0 Å². The van der Waals surface area contributed by atoms with Gasteiger partial charge in [0.25, 0.3) is 0 Å². The first-order valence-corrected chi connectivity index (χ1v) is 9.35. The van der Waals surface area contributed by atoms with Gasteiger partial charge in [-0.25, -0.2) is 4.98 Å². The highest BCUT2D eigenvalue weighted by Crippen LogP contribution is 2.19. The number of ether oxygens (including phenoxy) is 1. The predicted octanol–water partition coefficient (Wildman–Crippen LogP) is 3.59. The molecule has 0 spiro atoms. The lowest BCUT2D eigenvalue weighted by Gasteiger charge is -2.25. The molecule has 0 aliphatic carbocycles. The molecular formula is C18H20ClN3O2S. The van der Waals surface area contributed by atoms with Crippen molar-refractivity contribution >= 4 is 40.1 Å². The summed E-state index contributed by atoms with van der Waals surface area (Å²) in [7, 11) is 0. The smallest absolute Gasteiger partial charge is 0.250 e. The summed E-state index contributed by atoms with van der Waals surface area (Å²) in [5.74, 6) is -0.205. The number of carbonyl (C=O) groups is 1. The maximum Gasteiger partial charge on any atom is 0.250 e. The SMILES string of the molecule is Cc1ccc(C=CC(=O)Nc2nc(CN3CCOCC3)cs2)cc1Cl. The van der Waals surface area contributed by atoms with E-state index >= 15 is 0 Å². The summed E-state index contributed by atoms with van der Waals surface area (Å²) in [5, 5.41) is 6.08. The van der Waals surface area contributed by atoms with Crippen molar-refractivity contribution in [2.75, 3.05) is 31.6 Å². The number of anilines is 1. The second kappa shape index (κ2) is 8.58. The largest absolute Gasteiger partial charge is 0.379 e. The van der Waals surface area contributed by atoms with Crippen LogP contribution < -0.4 is 5.32 Å². The Bertz CT molecular complexity index is 769. The fourth-order valence-electron chi connectivity index (χ4n) is 2.46. The zero-order valence-electron chi connectivity index (χ0n) is 14.0. The maximum absolute atomic E-state index is 12.0. The van der Waals surface area contributed by atoms with Crippen molar-refractivity contribution in [3.8, 4) is 0 Å². The fraction of sp³-hybridized carbons (Fsp3) is 0.333. The van der Waals surface area contributed by atoms with Crippen molar-refractivity contribution in [3.63, 3.8) is 0 Å². The van der Waals surface area contributed by atoms with Crippen LogP contribution >= 0.6 is 22.9 Å². The number of hydrogen-bond acceptors (Lipinski definition) is 5. The minimum atomic E-state index is -0.205. The summed E-state index contributed by atoms with van der Waals surface area (Å²) in [6.07, 6.45) is 3.23. The minimum Gasteiger partial charge on any atom is -0.379 e. The molecule has 1 aliphatic rings. The van der Waals surface area contributed by atoms with Crippen molar-refractivity contribution in [3.05, 3.63) is 51.5 Å². The molecule has 1 N–H and O–H groups in total. The number of carbonyl (C=O) groups excluding carboxylic acids is 1. The van der Waals surface area contributed by atoms with Crippen LogP contribution in [0.4, 0.5) is 5.13 Å². The standard InChI is InChI=1S/C18H20ClN3O2S/c1-13-2-3-14(10-16(13)19)4-5-17(23)21-18-20-15(12-25-18)11-22-6-8-24-9-7-22/h2-5,10,12H,6-9,11H2,1H3,(H,20,21,23). The topological polar surface area (TPSA) is 54.5 Å². The molecule has 3 rings (SSSR count). The fourth-order valence-corrected chi connectivity index (χ4v) is 3.35. The van der Waals surface area contributed by atoms with Gasteiger partial charge >= 0.3 is 0 Å². The molecule has 0 bridgehead atoms. The van der Waals surface area contributed by atoms with Crippen LogP contribution in [0.15, 0.2) is 29.7 Å². The van der Waals surface area contributed by atoms with E-state index in [0.717, 1.165) is 49.7 Å². The lowest BCUT2D eigenvalue weighted by Crippen LogP contribution is -2.35. The Kier molecular flexibility index (Phi) is 6.20. The summed E-state index contributed by atoms with van der Waals surface area (Å²) < 4.78 is 5.34. The summed E-state index contributed by atoms with van der Waals surface area (Å²) in [6.45, 7) is 6.10. The second-order valence-electron chi connectivity index (χ2n) is 5.86. The molecule has 0 atom stereocenters. The van der Waals surface area contributed by atoms with Crippen molar-refractivity contribution in [2.45, 2.75) is 13.5 Å². The zero-order chi connectivity index (χ0) is 17.6. The first-order chi connectivity index (χ1) is 12.1. The van der Waals surface area contributed by atoms with E-state index in [1.165, 1.54) is 17.4 Å². The number of hydrogen-bond donors (Lipinski definition) is 1. The van der Waals surface area contributed by atoms with Crippen molar-refractivity contribution < 1.29 is 9.53 Å². The third-order valence-electron chi connectivity index (χ3n) is 3.89. The van der Waals surface area contributed by atoms with Gasteiger partial charge in [0.2, 0.25) is 5.91 Å². The Morgan fingerprint density at radius 1 is 1.44 bits per heavy atom. The van der Waals surface area contributed by atoms with Gasteiger partial charge in [0.15, 0.2) is 5.13 Å². The molecule has 1 fully saturated rings. The van der Waals surface area contributed by atoms with E-state index < -0.39 is 0 Å². The molecule has 1 saturated heterocycles. The van der Waals surface area contributed by atoms with Gasteiger partial charge in [-0.1, -0.05) is 23.7 Å². The minimum absolute atomic E-state index is 0.205. The Labute approximate surface area is 156 Å². The highest BCUT2D eigenvalue weighted by atomic mass is 35.5. The number of nitrogens with zero attached hydrogens (tertiary/aromatic N) is 2. The van der Waals surface area contributed by atoms with Crippen LogP contribution in [0.1, 0.15) is 16.8 Å². The molecule has 0 saturated carbocycles. The zero-order valence-corrected chi connectivity index (χ0v) is 15.6. The Hall–Kier alpha value is -1.73. The van der Waals surface area contributed by atoms with E-state index in [-0.39, 0.29) is 5.91 Å². The van der Waals surface area contributed by atoms with Crippen LogP contribution in [0.25, 0.3) is 6.08 Å². The number of amides is 1. The lowest BCUT2D eigenvalue weighted by molar-refractivity contribution is -0.111. The van der Waals surface area contributed by atoms with Gasteiger partial charge in [0.05, 0.1) is 18.9 Å². The molecule has 1 aromatic carbocycles. The lowest BCUT2D eigenvalue weighted by atomic mass is 10.1. The number of morpholine rings is 1. The first-order valence-electron chi connectivity index (χ1n) is 8.10. The number of aryl methyl sites for hydroxylation is 1. The average Bonchev–Trinajstić information content (AvgIpc) is 3.03. The van der Waals surface area contributed by atoms with Gasteiger partial charge in [-0.15, -0.1) is 11.3 Å². The number of aromatic nitrogens is 1. The molecule has 132 valence electrons. The molecule has 1 aliphatic heterocycles. The Balaban J connectivity index is 1.54. The number of halogens is 1. The molecule has 25 heavy (non-hydrogen) atoms. The molecule has 1 aromatic heterocycles. The third kappa shape index (κ3) is 5.37. The van der Waals surface area contributed by atoms with Crippen LogP contribution in [0.5, 0.6) is 0 Å². The van der Waals surface area contributed by atoms with Crippen molar-refractivity contribution in [2.24, 2.45) is 0 Å². The highest BCUT2D eigenvalue weighted by molar-refractivity contribution is 7.13. The van der Waals surface area contributed by atoms with Gasteiger partial charge in [0.1, 0.15) is 0 Å². The van der Waals surface area contributed by atoms with Gasteiger partial charge in [0, 0.05) is 36.1 Å². The predicted molar refractivity (Wildman–Crippen MR) is 102 cm³/mol. The van der Waals surface area contributed by atoms with Crippen molar-refractivity contribution in [1.29, 1.82) is 0 Å². The van der Waals surface area contributed by atoms with Crippen LogP contribution in [-0.2, 0) is 16.1 Å². The van der Waals surface area contributed by atoms with E-state index in [9.17, 15) is 4.79 Å². The highest BCUT2D eigenvalue weighted by Gasteiger charge is 2.13. The van der Waals surface area contributed by atoms with Gasteiger partial charge in [-0.05, 0) is 30.2 Å². The monoisotopic (exact) mass is 377 g/mol. The molecule has 0 radical (unpaired) electrons. The van der Waals surface area contributed by atoms with E-state index in [1.54, 1.807) is 6.08 Å². The van der Waals surface area contributed by atoms with Crippen LogP contribution in [-0.4, -0.2) is 42.1 Å². The summed E-state index contributed by atoms with van der Waals surface area (Å²) >= 11 is 7.52. The van der Waals surface area contributed by atoms with E-state index in [4.69, 9.17) is 16.3 Å². The van der Waals surface area contributed by atoms with Crippen LogP contribution in [0, 0.1) is 6.92 Å².